The van der Waals surface area contributed by atoms with Crippen molar-refractivity contribution < 1.29 is 13.2 Å². The number of rotatable bonds is 5. The van der Waals surface area contributed by atoms with Gasteiger partial charge in [0.1, 0.15) is 5.69 Å². The normalized spacial score (nSPS) is 11.4. The predicted octanol–water partition coefficient (Wildman–Crippen LogP) is 1.54. The summed E-state index contributed by atoms with van der Waals surface area (Å²) in [4.78, 5) is 14.9. The number of aldehydes is 1. The first-order chi connectivity index (χ1) is 9.08. The van der Waals surface area contributed by atoms with E-state index in [2.05, 4.69) is 4.98 Å². The number of aromatic nitrogens is 2. The molecular weight excluding hydrogens is 264 g/mol. The number of nitrogens with zero attached hydrogens (tertiary/aromatic N) is 2. The van der Waals surface area contributed by atoms with Crippen LogP contribution >= 0.6 is 0 Å². The van der Waals surface area contributed by atoms with Crippen molar-refractivity contribution in [1.82, 2.24) is 9.55 Å². The summed E-state index contributed by atoms with van der Waals surface area (Å²) in [5.41, 5.74) is 1.17. The van der Waals surface area contributed by atoms with Crippen molar-refractivity contribution in [2.24, 2.45) is 0 Å². The maximum absolute atomic E-state index is 11.9. The highest BCUT2D eigenvalue weighted by atomic mass is 32.2. The fourth-order valence-corrected chi connectivity index (χ4v) is 2.74. The van der Waals surface area contributed by atoms with Crippen LogP contribution in [0, 0.1) is 0 Å². The van der Waals surface area contributed by atoms with Crippen LogP contribution in [0.1, 0.15) is 23.0 Å². The van der Waals surface area contributed by atoms with Crippen LogP contribution in [0.2, 0.25) is 0 Å². The number of carbonyl (C=O) groups is 1. The van der Waals surface area contributed by atoms with Gasteiger partial charge in [-0.25, -0.2) is 13.4 Å². The number of sulfone groups is 1. The van der Waals surface area contributed by atoms with Crippen LogP contribution in [0.15, 0.2) is 41.7 Å². The molecule has 0 saturated heterocycles. The van der Waals surface area contributed by atoms with E-state index in [1.807, 2.05) is 30.3 Å². The van der Waals surface area contributed by atoms with Gasteiger partial charge in [0.2, 0.25) is 15.0 Å². The minimum atomic E-state index is -3.45. The lowest BCUT2D eigenvalue weighted by Crippen LogP contribution is -2.15. The smallest absolute Gasteiger partial charge is 0.228 e. The topological polar surface area (TPSA) is 69.0 Å². The van der Waals surface area contributed by atoms with E-state index in [1.54, 1.807) is 6.92 Å². The molecule has 0 atom stereocenters. The predicted molar refractivity (Wildman–Crippen MR) is 70.9 cm³/mol. The Morgan fingerprint density at radius 2 is 1.95 bits per heavy atom. The Bertz CT molecular complexity index is 675. The van der Waals surface area contributed by atoms with Crippen LogP contribution in [0.25, 0.3) is 0 Å². The average Bonchev–Trinajstić information content (AvgIpc) is 2.83. The summed E-state index contributed by atoms with van der Waals surface area (Å²) in [6.45, 7) is 1.86. The summed E-state index contributed by atoms with van der Waals surface area (Å²) in [5, 5.41) is -0.0547. The second-order valence-electron chi connectivity index (χ2n) is 4.06. The largest absolute Gasteiger partial charge is 0.308 e. The van der Waals surface area contributed by atoms with Gasteiger partial charge in [-0.3, -0.25) is 4.79 Å². The summed E-state index contributed by atoms with van der Waals surface area (Å²) in [6, 6.07) is 9.34. The number of benzene rings is 1. The molecule has 6 heteroatoms. The molecule has 0 spiro atoms. The van der Waals surface area contributed by atoms with Crippen LogP contribution in [-0.4, -0.2) is 30.0 Å². The third-order valence-electron chi connectivity index (χ3n) is 2.81. The molecule has 0 fully saturated rings. The number of hydrogen-bond donors (Lipinski definition) is 0. The number of hydrogen-bond acceptors (Lipinski definition) is 4. The van der Waals surface area contributed by atoms with E-state index in [0.29, 0.717) is 12.8 Å². The van der Waals surface area contributed by atoms with Crippen LogP contribution in [0.3, 0.4) is 0 Å². The van der Waals surface area contributed by atoms with Gasteiger partial charge < -0.3 is 4.57 Å². The van der Waals surface area contributed by atoms with Gasteiger partial charge >= 0.3 is 0 Å². The molecule has 2 rings (SSSR count). The zero-order valence-corrected chi connectivity index (χ0v) is 11.3. The molecule has 0 unspecified atom stereocenters. The van der Waals surface area contributed by atoms with E-state index in [9.17, 15) is 13.2 Å². The zero-order valence-electron chi connectivity index (χ0n) is 10.5. The van der Waals surface area contributed by atoms with Crippen molar-refractivity contribution in [3.8, 4) is 0 Å². The Kier molecular flexibility index (Phi) is 3.80. The standard InChI is InChI=1S/C13H14N2O3S/c1-2-19(17,18)13-14-8-12(10-16)15(13)9-11-6-4-3-5-7-11/h3-8,10H,2,9H2,1H3. The third kappa shape index (κ3) is 2.73. The summed E-state index contributed by atoms with van der Waals surface area (Å²) in [6.07, 6.45) is 1.91. The van der Waals surface area contributed by atoms with Crippen molar-refractivity contribution in [2.75, 3.05) is 5.75 Å². The molecule has 0 aliphatic carbocycles. The molecular formula is C13H14N2O3S. The lowest BCUT2D eigenvalue weighted by Gasteiger charge is -2.09. The molecule has 0 aliphatic rings. The van der Waals surface area contributed by atoms with Crippen LogP contribution < -0.4 is 0 Å². The van der Waals surface area contributed by atoms with Gasteiger partial charge in [-0.2, -0.15) is 0 Å². The monoisotopic (exact) mass is 278 g/mol. The number of carbonyl (C=O) groups excluding carboxylic acids is 1. The van der Waals surface area contributed by atoms with E-state index in [1.165, 1.54) is 10.8 Å². The molecule has 100 valence electrons. The molecule has 1 aromatic carbocycles. The highest BCUT2D eigenvalue weighted by Gasteiger charge is 2.21. The van der Waals surface area contributed by atoms with Crippen molar-refractivity contribution in [1.29, 1.82) is 0 Å². The van der Waals surface area contributed by atoms with Crippen molar-refractivity contribution in [2.45, 2.75) is 18.6 Å². The Morgan fingerprint density at radius 3 is 2.53 bits per heavy atom. The van der Waals surface area contributed by atoms with Crippen LogP contribution in [0.4, 0.5) is 0 Å². The lowest BCUT2D eigenvalue weighted by atomic mass is 10.2. The number of imidazole rings is 1. The second-order valence-corrected chi connectivity index (χ2v) is 6.23. The zero-order chi connectivity index (χ0) is 13.9. The van der Waals surface area contributed by atoms with Gasteiger partial charge in [0, 0.05) is 0 Å². The summed E-state index contributed by atoms with van der Waals surface area (Å²) < 4.78 is 25.3. The Morgan fingerprint density at radius 1 is 1.26 bits per heavy atom. The summed E-state index contributed by atoms with van der Waals surface area (Å²) in [7, 11) is -3.45. The average molecular weight is 278 g/mol. The fourth-order valence-electron chi connectivity index (χ4n) is 1.77. The Balaban J connectivity index is 2.49. The first-order valence-electron chi connectivity index (χ1n) is 5.86. The molecule has 1 heterocycles. The molecule has 0 aliphatic heterocycles. The van der Waals surface area contributed by atoms with Gasteiger partial charge in [-0.05, 0) is 5.56 Å². The molecule has 1 aromatic heterocycles. The minimum Gasteiger partial charge on any atom is -0.308 e. The highest BCUT2D eigenvalue weighted by Crippen LogP contribution is 2.14. The molecule has 0 saturated carbocycles. The molecule has 0 bridgehead atoms. The first kappa shape index (κ1) is 13.5. The van der Waals surface area contributed by atoms with Gasteiger partial charge in [-0.1, -0.05) is 37.3 Å². The second kappa shape index (κ2) is 5.36. The fraction of sp³-hybridized carbons (Fsp3) is 0.231. The van der Waals surface area contributed by atoms with Crippen molar-refractivity contribution in [3.05, 3.63) is 47.8 Å². The minimum absolute atomic E-state index is 0.0445. The van der Waals surface area contributed by atoms with E-state index >= 15 is 0 Å². The molecule has 0 N–H and O–H groups in total. The van der Waals surface area contributed by atoms with Crippen LogP contribution in [0.5, 0.6) is 0 Å². The van der Waals surface area contributed by atoms with Crippen LogP contribution in [-0.2, 0) is 16.4 Å². The SMILES string of the molecule is CCS(=O)(=O)c1ncc(C=O)n1Cc1ccccc1. The van der Waals surface area contributed by atoms with Gasteiger partial charge in [0.25, 0.3) is 0 Å². The van der Waals surface area contributed by atoms with Crippen molar-refractivity contribution >= 4 is 16.1 Å². The molecule has 2 aromatic rings. The van der Waals surface area contributed by atoms with Gasteiger partial charge in [0.05, 0.1) is 18.5 Å². The quantitative estimate of drug-likeness (QED) is 0.778. The maximum atomic E-state index is 11.9. The van der Waals surface area contributed by atoms with Gasteiger partial charge in [-0.15, -0.1) is 0 Å². The van der Waals surface area contributed by atoms with E-state index in [0.717, 1.165) is 5.56 Å². The molecule has 5 nitrogen and oxygen atoms in total. The summed E-state index contributed by atoms with van der Waals surface area (Å²) in [5.74, 6) is -0.0445. The Hall–Kier alpha value is -1.95. The van der Waals surface area contributed by atoms with Gasteiger partial charge in [0.15, 0.2) is 6.29 Å². The molecule has 19 heavy (non-hydrogen) atoms. The lowest BCUT2D eigenvalue weighted by molar-refractivity contribution is 0.111. The van der Waals surface area contributed by atoms with E-state index in [4.69, 9.17) is 0 Å². The van der Waals surface area contributed by atoms with E-state index < -0.39 is 9.84 Å². The van der Waals surface area contributed by atoms with Crippen molar-refractivity contribution in [3.63, 3.8) is 0 Å². The first-order valence-corrected chi connectivity index (χ1v) is 7.51. The van der Waals surface area contributed by atoms with E-state index in [-0.39, 0.29) is 16.6 Å². The highest BCUT2D eigenvalue weighted by molar-refractivity contribution is 7.91. The maximum Gasteiger partial charge on any atom is 0.228 e. The third-order valence-corrected chi connectivity index (χ3v) is 4.45. The molecule has 0 amide bonds. The summed E-state index contributed by atoms with van der Waals surface area (Å²) >= 11 is 0. The molecule has 0 radical (unpaired) electrons. The Labute approximate surface area is 111 Å².